The van der Waals surface area contributed by atoms with Gasteiger partial charge < -0.3 is 10.1 Å². The predicted molar refractivity (Wildman–Crippen MR) is 104 cm³/mol. The number of halogens is 1. The van der Waals surface area contributed by atoms with Gasteiger partial charge in [0.15, 0.2) is 6.61 Å². The Kier molecular flexibility index (Phi) is 6.55. The molecule has 1 N–H and O–H groups in total. The molecule has 0 fully saturated rings. The van der Waals surface area contributed by atoms with Gasteiger partial charge in [-0.3, -0.25) is 4.79 Å². The van der Waals surface area contributed by atoms with Gasteiger partial charge in [-0.2, -0.15) is 10.5 Å². The molecule has 0 aliphatic rings. The average molecular weight is 443 g/mol. The Labute approximate surface area is 159 Å². The Balaban J connectivity index is 2.21. The van der Waals surface area contributed by atoms with Crippen LogP contribution in [0.5, 0.6) is 5.75 Å². The van der Waals surface area contributed by atoms with Crippen molar-refractivity contribution in [3.8, 4) is 17.9 Å². The number of carbonyl (C=O) groups excluding carboxylic acids is 1. The van der Waals surface area contributed by atoms with Crippen molar-refractivity contribution in [2.45, 2.75) is 6.92 Å². The topological polar surface area (TPSA) is 85.9 Å². The smallest absolute Gasteiger partial charge is 0.266 e. The summed E-state index contributed by atoms with van der Waals surface area (Å²) in [6.07, 6.45) is 1.52. The summed E-state index contributed by atoms with van der Waals surface area (Å²) >= 11 is 2.08. The van der Waals surface area contributed by atoms with E-state index in [2.05, 4.69) is 27.9 Å². The molecule has 2 aromatic carbocycles. The zero-order chi connectivity index (χ0) is 18.2. The van der Waals surface area contributed by atoms with Crippen LogP contribution in [0.15, 0.2) is 48.0 Å². The van der Waals surface area contributed by atoms with E-state index in [-0.39, 0.29) is 12.2 Å². The van der Waals surface area contributed by atoms with Gasteiger partial charge in [0.1, 0.15) is 23.5 Å². The highest BCUT2D eigenvalue weighted by Crippen LogP contribution is 2.23. The zero-order valence-corrected chi connectivity index (χ0v) is 15.6. The number of nitriles is 2. The van der Waals surface area contributed by atoms with Gasteiger partial charge in [-0.25, -0.2) is 0 Å². The number of para-hydroxylation sites is 1. The molecule has 0 radical (unpaired) electrons. The highest BCUT2D eigenvalue weighted by Gasteiger charge is 2.11. The number of hydrogen-bond donors (Lipinski definition) is 1. The number of aryl methyl sites for hydroxylation is 1. The van der Waals surface area contributed by atoms with Crippen LogP contribution in [0.25, 0.3) is 6.08 Å². The number of nitrogens with zero attached hydrogens (tertiary/aromatic N) is 2. The standard InChI is InChI=1S/C19H14IN3O2/c1-13-4-2-3-5-17(13)23-19(24)15(12-22)10-14-6-7-18(16(20)11-14)25-9-8-21/h2-7,10-11H,9H2,1H3,(H,23,24)/b15-10-. The molecule has 2 rings (SSSR count). The van der Waals surface area contributed by atoms with Crippen LogP contribution in [0.1, 0.15) is 11.1 Å². The quantitative estimate of drug-likeness (QED) is 0.429. The normalized spacial score (nSPS) is 10.5. The van der Waals surface area contributed by atoms with Gasteiger partial charge in [0.2, 0.25) is 0 Å². The molecule has 0 aliphatic heterocycles. The summed E-state index contributed by atoms with van der Waals surface area (Å²) in [6.45, 7) is 1.85. The van der Waals surface area contributed by atoms with E-state index >= 15 is 0 Å². The van der Waals surface area contributed by atoms with Crippen molar-refractivity contribution < 1.29 is 9.53 Å². The molecule has 124 valence electrons. The summed E-state index contributed by atoms with van der Waals surface area (Å²) in [6, 6.07) is 16.4. The number of nitrogens with one attached hydrogen (secondary N) is 1. The molecule has 25 heavy (non-hydrogen) atoms. The Bertz CT molecular complexity index is 908. The van der Waals surface area contributed by atoms with Gasteiger partial charge in [0.25, 0.3) is 5.91 Å². The minimum absolute atomic E-state index is 0.00439. The van der Waals surface area contributed by atoms with Gasteiger partial charge >= 0.3 is 0 Å². The molecule has 1 amide bonds. The largest absolute Gasteiger partial charge is 0.478 e. The van der Waals surface area contributed by atoms with Crippen molar-refractivity contribution in [1.82, 2.24) is 0 Å². The van der Waals surface area contributed by atoms with Crippen LogP contribution < -0.4 is 10.1 Å². The second-order valence-electron chi connectivity index (χ2n) is 5.08. The highest BCUT2D eigenvalue weighted by atomic mass is 127. The summed E-state index contributed by atoms with van der Waals surface area (Å²) in [5, 5.41) is 20.6. The van der Waals surface area contributed by atoms with Crippen molar-refractivity contribution >= 4 is 40.3 Å². The molecule has 5 nitrogen and oxygen atoms in total. The first-order valence-electron chi connectivity index (χ1n) is 7.33. The van der Waals surface area contributed by atoms with Crippen molar-refractivity contribution in [3.63, 3.8) is 0 Å². The average Bonchev–Trinajstić information content (AvgIpc) is 2.60. The molecule has 0 saturated heterocycles. The number of benzene rings is 2. The second kappa shape index (κ2) is 8.86. The minimum Gasteiger partial charge on any atom is -0.478 e. The molecule has 0 atom stereocenters. The van der Waals surface area contributed by atoms with Crippen LogP contribution in [0, 0.1) is 33.2 Å². The van der Waals surface area contributed by atoms with Gasteiger partial charge in [-0.15, -0.1) is 0 Å². The van der Waals surface area contributed by atoms with E-state index < -0.39 is 5.91 Å². The molecular weight excluding hydrogens is 429 g/mol. The summed E-state index contributed by atoms with van der Waals surface area (Å²) in [7, 11) is 0. The lowest BCUT2D eigenvalue weighted by molar-refractivity contribution is -0.112. The maximum absolute atomic E-state index is 12.3. The fourth-order valence-corrected chi connectivity index (χ4v) is 2.75. The van der Waals surface area contributed by atoms with Gasteiger partial charge in [-0.05, 0) is 64.9 Å². The zero-order valence-electron chi connectivity index (χ0n) is 13.4. The number of amides is 1. The Morgan fingerprint density at radius 3 is 2.68 bits per heavy atom. The maximum atomic E-state index is 12.3. The Hall–Kier alpha value is -2.84. The fraction of sp³-hybridized carbons (Fsp3) is 0.105. The van der Waals surface area contributed by atoms with Crippen LogP contribution in [0.4, 0.5) is 5.69 Å². The molecular formula is C19H14IN3O2. The SMILES string of the molecule is Cc1ccccc1NC(=O)/C(C#N)=C\c1ccc(OCC#N)c(I)c1. The monoisotopic (exact) mass is 443 g/mol. The molecule has 0 spiro atoms. The van der Waals surface area contributed by atoms with Crippen LogP contribution >= 0.6 is 22.6 Å². The summed E-state index contributed by atoms with van der Waals surface area (Å²) < 4.78 is 6.07. The molecule has 0 heterocycles. The van der Waals surface area contributed by atoms with E-state index in [4.69, 9.17) is 10.00 Å². The molecule has 6 heteroatoms. The van der Waals surface area contributed by atoms with E-state index in [1.165, 1.54) is 6.08 Å². The van der Waals surface area contributed by atoms with E-state index in [0.717, 1.165) is 9.13 Å². The molecule has 0 saturated carbocycles. The Morgan fingerprint density at radius 2 is 2.04 bits per heavy atom. The third-order valence-electron chi connectivity index (χ3n) is 3.32. The number of anilines is 1. The predicted octanol–water partition coefficient (Wildman–Crippen LogP) is 4.05. The van der Waals surface area contributed by atoms with Crippen LogP contribution in [0.3, 0.4) is 0 Å². The maximum Gasteiger partial charge on any atom is 0.266 e. The Morgan fingerprint density at radius 1 is 1.28 bits per heavy atom. The first-order valence-corrected chi connectivity index (χ1v) is 8.41. The number of carbonyl (C=O) groups is 1. The third-order valence-corrected chi connectivity index (χ3v) is 4.16. The van der Waals surface area contributed by atoms with Gasteiger partial charge in [0, 0.05) is 5.69 Å². The molecule has 0 unspecified atom stereocenters. The lowest BCUT2D eigenvalue weighted by Gasteiger charge is -2.08. The number of hydrogen-bond acceptors (Lipinski definition) is 4. The molecule has 0 bridgehead atoms. The first-order chi connectivity index (χ1) is 12.0. The van der Waals surface area contributed by atoms with Crippen LogP contribution in [-0.2, 0) is 4.79 Å². The van der Waals surface area contributed by atoms with E-state index in [0.29, 0.717) is 17.0 Å². The van der Waals surface area contributed by atoms with E-state index in [1.54, 1.807) is 24.3 Å². The fourth-order valence-electron chi connectivity index (χ4n) is 2.05. The summed E-state index contributed by atoms with van der Waals surface area (Å²) in [5.41, 5.74) is 2.29. The number of rotatable bonds is 5. The van der Waals surface area contributed by atoms with Crippen molar-refractivity contribution in [3.05, 3.63) is 62.7 Å². The summed E-state index contributed by atoms with van der Waals surface area (Å²) in [5.74, 6) is 0.124. The highest BCUT2D eigenvalue weighted by molar-refractivity contribution is 14.1. The number of ether oxygens (including phenoxy) is 1. The molecule has 0 aliphatic carbocycles. The lowest BCUT2D eigenvalue weighted by Crippen LogP contribution is -2.14. The molecule has 0 aromatic heterocycles. The minimum atomic E-state index is -0.461. The van der Waals surface area contributed by atoms with E-state index in [1.807, 2.05) is 37.3 Å². The van der Waals surface area contributed by atoms with Crippen molar-refractivity contribution in [2.24, 2.45) is 0 Å². The third kappa shape index (κ3) is 5.07. The van der Waals surface area contributed by atoms with Crippen LogP contribution in [0.2, 0.25) is 0 Å². The van der Waals surface area contributed by atoms with E-state index in [9.17, 15) is 10.1 Å². The van der Waals surface area contributed by atoms with Crippen molar-refractivity contribution in [1.29, 1.82) is 10.5 Å². The molecule has 2 aromatic rings. The second-order valence-corrected chi connectivity index (χ2v) is 6.24. The van der Waals surface area contributed by atoms with Crippen molar-refractivity contribution in [2.75, 3.05) is 11.9 Å². The summed E-state index contributed by atoms with van der Waals surface area (Å²) in [4.78, 5) is 12.3. The first kappa shape index (κ1) is 18.5. The van der Waals surface area contributed by atoms with Gasteiger partial charge in [-0.1, -0.05) is 24.3 Å². The van der Waals surface area contributed by atoms with Gasteiger partial charge in [0.05, 0.1) is 3.57 Å². The lowest BCUT2D eigenvalue weighted by atomic mass is 10.1. The van der Waals surface area contributed by atoms with Crippen LogP contribution in [-0.4, -0.2) is 12.5 Å².